The number of aromatic nitrogens is 4. The van der Waals surface area contributed by atoms with E-state index in [0.717, 1.165) is 11.3 Å². The minimum Gasteiger partial charge on any atom is -0.360 e. The first-order valence-electron chi connectivity index (χ1n) is 7.63. The van der Waals surface area contributed by atoms with E-state index < -0.39 is 5.54 Å². The van der Waals surface area contributed by atoms with E-state index in [0.29, 0.717) is 16.4 Å². The fraction of sp³-hybridized carbons (Fsp3) is 0.294. The number of halogens is 1. The maximum atomic E-state index is 12.3. The number of hydrogen-bond acceptors (Lipinski definition) is 6. The maximum Gasteiger partial charge on any atom is 0.287 e. The van der Waals surface area contributed by atoms with Crippen molar-refractivity contribution in [1.29, 1.82) is 0 Å². The van der Waals surface area contributed by atoms with E-state index in [1.807, 2.05) is 39.0 Å². The van der Waals surface area contributed by atoms with Crippen molar-refractivity contribution in [1.82, 2.24) is 19.9 Å². The number of rotatable bonds is 4. The minimum absolute atomic E-state index is 0.168. The molecule has 0 bridgehead atoms. The van der Waals surface area contributed by atoms with Gasteiger partial charge in [0, 0.05) is 24.0 Å². The molecule has 0 saturated heterocycles. The number of pyridine rings is 1. The third kappa shape index (κ3) is 3.93. The largest absolute Gasteiger partial charge is 0.360 e. The molecule has 0 spiro atoms. The van der Waals surface area contributed by atoms with E-state index in [9.17, 15) is 4.79 Å². The fourth-order valence-corrected chi connectivity index (χ4v) is 3.24. The first kappa shape index (κ1) is 17.7. The first-order valence-corrected chi connectivity index (χ1v) is 9.00. The Labute approximate surface area is 154 Å². The van der Waals surface area contributed by atoms with Crippen LogP contribution in [0.1, 0.15) is 26.5 Å². The van der Waals surface area contributed by atoms with Crippen LogP contribution in [-0.2, 0) is 11.3 Å². The van der Waals surface area contributed by atoms with Gasteiger partial charge in [-0.1, -0.05) is 16.8 Å². The molecule has 0 N–H and O–H groups in total. The zero-order chi connectivity index (χ0) is 18.0. The summed E-state index contributed by atoms with van der Waals surface area (Å²) in [5.74, 6) is 1.17. The van der Waals surface area contributed by atoms with E-state index in [1.54, 1.807) is 18.6 Å². The molecule has 3 aromatic heterocycles. The Morgan fingerprint density at radius 2 is 2.12 bits per heavy atom. The molecule has 0 fully saturated rings. The van der Waals surface area contributed by atoms with Crippen LogP contribution in [0.4, 0.5) is 0 Å². The summed E-state index contributed by atoms with van der Waals surface area (Å²) in [6, 6.07) is 5.60. The van der Waals surface area contributed by atoms with Gasteiger partial charge in [0.2, 0.25) is 0 Å². The van der Waals surface area contributed by atoms with Crippen LogP contribution in [0.25, 0.3) is 11.3 Å². The highest BCUT2D eigenvalue weighted by Gasteiger charge is 2.19. The van der Waals surface area contributed by atoms with E-state index in [1.165, 1.54) is 16.4 Å². The van der Waals surface area contributed by atoms with Gasteiger partial charge in [0.05, 0.1) is 22.4 Å². The molecule has 0 aromatic carbocycles. The average Bonchev–Trinajstić information content (AvgIpc) is 3.05. The van der Waals surface area contributed by atoms with Crippen LogP contribution >= 0.6 is 23.4 Å². The van der Waals surface area contributed by atoms with Gasteiger partial charge in [-0.05, 0) is 32.9 Å². The molecule has 0 aliphatic carbocycles. The molecule has 3 heterocycles. The summed E-state index contributed by atoms with van der Waals surface area (Å²) in [6.45, 7) is 5.71. The lowest BCUT2D eigenvalue weighted by Crippen LogP contribution is -2.36. The summed E-state index contributed by atoms with van der Waals surface area (Å²) in [5.41, 5.74) is 0.881. The van der Waals surface area contributed by atoms with Crippen LogP contribution < -0.4 is 5.56 Å². The molecular formula is C17H17ClN4O2S. The van der Waals surface area contributed by atoms with Gasteiger partial charge in [-0.2, -0.15) is 5.10 Å². The fourth-order valence-electron chi connectivity index (χ4n) is 2.18. The molecule has 0 unspecified atom stereocenters. The molecule has 25 heavy (non-hydrogen) atoms. The molecule has 0 saturated carbocycles. The Bertz CT molecular complexity index is 932. The SMILES string of the molecule is CC(C)(C)n1ncc(SCc2cc(-c3cccnc3)no2)c(Cl)c1=O. The van der Waals surface area contributed by atoms with E-state index in [4.69, 9.17) is 16.1 Å². The molecule has 3 aromatic rings. The minimum atomic E-state index is -0.423. The van der Waals surface area contributed by atoms with Crippen LogP contribution in [0, 0.1) is 0 Å². The molecule has 130 valence electrons. The molecule has 3 rings (SSSR count). The zero-order valence-electron chi connectivity index (χ0n) is 14.1. The van der Waals surface area contributed by atoms with Crippen molar-refractivity contribution < 1.29 is 4.52 Å². The van der Waals surface area contributed by atoms with Gasteiger partial charge in [-0.15, -0.1) is 11.8 Å². The van der Waals surface area contributed by atoms with Crippen molar-refractivity contribution in [2.45, 2.75) is 37.0 Å². The van der Waals surface area contributed by atoms with Gasteiger partial charge in [0.1, 0.15) is 16.5 Å². The summed E-state index contributed by atoms with van der Waals surface area (Å²) in [7, 11) is 0. The molecule has 0 atom stereocenters. The summed E-state index contributed by atoms with van der Waals surface area (Å²) < 4.78 is 6.73. The standard InChI is InChI=1S/C17H17ClN4O2S/c1-17(2,3)22-16(23)15(18)14(9-20-22)25-10-12-7-13(21-24-12)11-5-4-6-19-8-11/h4-9H,10H2,1-3H3. The lowest BCUT2D eigenvalue weighted by Gasteiger charge is -2.20. The molecule has 0 amide bonds. The topological polar surface area (TPSA) is 73.8 Å². The lowest BCUT2D eigenvalue weighted by atomic mass is 10.1. The van der Waals surface area contributed by atoms with Gasteiger partial charge < -0.3 is 4.52 Å². The normalized spacial score (nSPS) is 11.7. The van der Waals surface area contributed by atoms with Gasteiger partial charge >= 0.3 is 0 Å². The van der Waals surface area contributed by atoms with Crippen LogP contribution in [0.2, 0.25) is 5.02 Å². The van der Waals surface area contributed by atoms with Crippen molar-refractivity contribution in [2.24, 2.45) is 0 Å². The Morgan fingerprint density at radius 1 is 1.32 bits per heavy atom. The molecule has 0 aliphatic rings. The van der Waals surface area contributed by atoms with Crippen LogP contribution in [0.5, 0.6) is 0 Å². The summed E-state index contributed by atoms with van der Waals surface area (Å²) in [4.78, 5) is 17.0. The van der Waals surface area contributed by atoms with Crippen molar-refractivity contribution in [3.8, 4) is 11.3 Å². The average molecular weight is 377 g/mol. The van der Waals surface area contributed by atoms with Gasteiger partial charge in [-0.25, -0.2) is 4.68 Å². The van der Waals surface area contributed by atoms with Crippen molar-refractivity contribution in [2.75, 3.05) is 0 Å². The van der Waals surface area contributed by atoms with E-state index in [2.05, 4.69) is 15.2 Å². The third-order valence-corrected chi connectivity index (χ3v) is 4.94. The second-order valence-electron chi connectivity index (χ2n) is 6.42. The Kier molecular flexibility index (Phi) is 4.96. The van der Waals surface area contributed by atoms with Crippen molar-refractivity contribution in [3.63, 3.8) is 0 Å². The van der Waals surface area contributed by atoms with Crippen molar-refractivity contribution in [3.05, 3.63) is 57.9 Å². The van der Waals surface area contributed by atoms with E-state index in [-0.39, 0.29) is 10.6 Å². The molecule has 0 aliphatic heterocycles. The van der Waals surface area contributed by atoms with E-state index >= 15 is 0 Å². The summed E-state index contributed by atoms with van der Waals surface area (Å²) in [5, 5.41) is 8.43. The lowest BCUT2D eigenvalue weighted by molar-refractivity contribution is 0.336. The van der Waals surface area contributed by atoms with Crippen LogP contribution in [0.15, 0.2) is 51.0 Å². The number of hydrogen-bond donors (Lipinski definition) is 0. The molecule has 6 nitrogen and oxygen atoms in total. The monoisotopic (exact) mass is 376 g/mol. The second-order valence-corrected chi connectivity index (χ2v) is 7.81. The quantitative estimate of drug-likeness (QED) is 0.641. The molecule has 8 heteroatoms. The Hall–Kier alpha value is -2.12. The zero-order valence-corrected chi connectivity index (χ0v) is 15.6. The highest BCUT2D eigenvalue weighted by atomic mass is 35.5. The highest BCUT2D eigenvalue weighted by molar-refractivity contribution is 7.98. The van der Waals surface area contributed by atoms with Gasteiger partial charge in [0.25, 0.3) is 5.56 Å². The molecule has 0 radical (unpaired) electrons. The Morgan fingerprint density at radius 3 is 2.80 bits per heavy atom. The summed E-state index contributed by atoms with van der Waals surface area (Å²) >= 11 is 7.61. The predicted molar refractivity (Wildman–Crippen MR) is 97.8 cm³/mol. The van der Waals surface area contributed by atoms with Gasteiger partial charge in [-0.3, -0.25) is 9.78 Å². The second kappa shape index (κ2) is 7.01. The summed E-state index contributed by atoms with van der Waals surface area (Å²) in [6.07, 6.45) is 5.04. The van der Waals surface area contributed by atoms with Gasteiger partial charge in [0.15, 0.2) is 0 Å². The number of nitrogens with zero attached hydrogens (tertiary/aromatic N) is 4. The molecular weight excluding hydrogens is 360 g/mol. The highest BCUT2D eigenvalue weighted by Crippen LogP contribution is 2.29. The number of thioether (sulfide) groups is 1. The van der Waals surface area contributed by atoms with Crippen LogP contribution in [-0.4, -0.2) is 19.9 Å². The predicted octanol–water partition coefficient (Wildman–Crippen LogP) is 3.99. The third-order valence-electron chi connectivity index (χ3n) is 3.41. The Balaban J connectivity index is 1.76. The van der Waals surface area contributed by atoms with Crippen LogP contribution in [0.3, 0.4) is 0 Å². The smallest absolute Gasteiger partial charge is 0.287 e. The van der Waals surface area contributed by atoms with Crippen molar-refractivity contribution >= 4 is 23.4 Å². The maximum absolute atomic E-state index is 12.3. The first-order chi connectivity index (χ1) is 11.9.